The summed E-state index contributed by atoms with van der Waals surface area (Å²) in [6.45, 7) is 9.40. The van der Waals surface area contributed by atoms with Crippen LogP contribution < -0.4 is 0 Å². The fourth-order valence-electron chi connectivity index (χ4n) is 3.00. The molecule has 0 aliphatic rings. The highest BCUT2D eigenvalue weighted by molar-refractivity contribution is 6.05. The first kappa shape index (κ1) is 30.0. The minimum absolute atomic E-state index is 0.0770. The van der Waals surface area contributed by atoms with E-state index in [1.807, 2.05) is 27.7 Å². The number of ketones is 1. The zero-order valence-electron chi connectivity index (χ0n) is 20.5. The van der Waals surface area contributed by atoms with Gasteiger partial charge in [-0.1, -0.05) is 53.4 Å². The number of rotatable bonds is 19. The Morgan fingerprint density at radius 1 is 0.688 bits per heavy atom. The highest BCUT2D eigenvalue weighted by Crippen LogP contribution is 2.32. The summed E-state index contributed by atoms with van der Waals surface area (Å²) in [5, 5.41) is 0. The van der Waals surface area contributed by atoms with Gasteiger partial charge in [0.05, 0.1) is 26.2 Å². The first-order valence-electron chi connectivity index (χ1n) is 11.9. The summed E-state index contributed by atoms with van der Waals surface area (Å²) in [4.78, 5) is 51.5. The maximum Gasteiger partial charge on any atom is 0.340 e. The number of unbranched alkanes of at least 4 members (excludes halogenated alkanes) is 4. The van der Waals surface area contributed by atoms with Crippen LogP contribution in [0.2, 0.25) is 0 Å². The number of esters is 3. The minimum Gasteiger partial charge on any atom is -0.466 e. The third-order valence-corrected chi connectivity index (χ3v) is 4.95. The number of hydrogen-bond donors (Lipinski definition) is 0. The van der Waals surface area contributed by atoms with E-state index in [2.05, 4.69) is 0 Å². The van der Waals surface area contributed by atoms with Crippen LogP contribution in [0.3, 0.4) is 0 Å². The zero-order chi connectivity index (χ0) is 24.4. The molecule has 2 atom stereocenters. The third kappa shape index (κ3) is 10.6. The molecule has 0 spiro atoms. The molecule has 0 rings (SSSR count). The lowest BCUT2D eigenvalue weighted by Gasteiger charge is -2.35. The van der Waals surface area contributed by atoms with Crippen molar-refractivity contribution in [1.29, 1.82) is 0 Å². The van der Waals surface area contributed by atoms with Crippen LogP contribution in [-0.2, 0) is 38.1 Å². The van der Waals surface area contributed by atoms with Gasteiger partial charge in [-0.2, -0.15) is 0 Å². The van der Waals surface area contributed by atoms with E-state index < -0.39 is 41.6 Å². The van der Waals surface area contributed by atoms with Crippen LogP contribution >= 0.6 is 0 Å². The van der Waals surface area contributed by atoms with Crippen molar-refractivity contribution in [2.24, 2.45) is 5.92 Å². The maximum atomic E-state index is 13.3. The standard InChI is InChI=1S/C24H42O8/c1-6-10-14-29-20(26)18-24(32-17-13-9-4,23(28)31-16-12-8-3)21(19(5)25)22(27)30-15-11-7-2/h21H,6-18H2,1-5H3. The molecule has 2 unspecified atom stereocenters. The molecule has 0 aliphatic carbocycles. The molecular formula is C24H42O8. The van der Waals surface area contributed by atoms with E-state index in [9.17, 15) is 19.2 Å². The van der Waals surface area contributed by atoms with Crippen LogP contribution in [0.4, 0.5) is 0 Å². The third-order valence-electron chi connectivity index (χ3n) is 4.95. The normalized spacial score (nSPS) is 13.7. The summed E-state index contributed by atoms with van der Waals surface area (Å²) in [5.74, 6) is -4.78. The second-order valence-electron chi connectivity index (χ2n) is 7.90. The molecule has 0 radical (unpaired) electrons. The largest absolute Gasteiger partial charge is 0.466 e. The Balaban J connectivity index is 6.10. The van der Waals surface area contributed by atoms with Crippen LogP contribution in [-0.4, -0.2) is 55.7 Å². The van der Waals surface area contributed by atoms with E-state index in [-0.39, 0.29) is 26.4 Å². The molecule has 0 N–H and O–H groups in total. The molecule has 0 amide bonds. The van der Waals surface area contributed by atoms with Crippen molar-refractivity contribution in [2.75, 3.05) is 26.4 Å². The van der Waals surface area contributed by atoms with E-state index in [0.717, 1.165) is 25.7 Å². The number of Topliss-reactive ketones (excluding diaryl/α,β-unsaturated/α-hetero) is 1. The van der Waals surface area contributed by atoms with Crippen molar-refractivity contribution in [1.82, 2.24) is 0 Å². The Morgan fingerprint density at radius 3 is 1.66 bits per heavy atom. The average molecular weight is 459 g/mol. The smallest absolute Gasteiger partial charge is 0.340 e. The van der Waals surface area contributed by atoms with Gasteiger partial charge in [-0.15, -0.1) is 0 Å². The van der Waals surface area contributed by atoms with Gasteiger partial charge in [-0.05, 0) is 32.6 Å². The molecule has 186 valence electrons. The van der Waals surface area contributed by atoms with Gasteiger partial charge in [0.25, 0.3) is 0 Å². The van der Waals surface area contributed by atoms with Crippen molar-refractivity contribution >= 4 is 23.7 Å². The average Bonchev–Trinajstić information content (AvgIpc) is 2.74. The molecule has 8 heteroatoms. The molecule has 0 bridgehead atoms. The topological polar surface area (TPSA) is 105 Å². The lowest BCUT2D eigenvalue weighted by Crippen LogP contribution is -2.57. The Kier molecular flexibility index (Phi) is 16.5. The first-order chi connectivity index (χ1) is 15.3. The number of hydrogen-bond acceptors (Lipinski definition) is 8. The second-order valence-corrected chi connectivity index (χ2v) is 7.90. The maximum absolute atomic E-state index is 13.3. The molecule has 8 nitrogen and oxygen atoms in total. The van der Waals surface area contributed by atoms with Gasteiger partial charge in [0, 0.05) is 6.61 Å². The highest BCUT2D eigenvalue weighted by Gasteiger charge is 2.56. The van der Waals surface area contributed by atoms with Crippen LogP contribution in [0.1, 0.15) is 92.4 Å². The van der Waals surface area contributed by atoms with Crippen molar-refractivity contribution in [3.63, 3.8) is 0 Å². The minimum atomic E-state index is -2.12. The predicted molar refractivity (Wildman–Crippen MR) is 120 cm³/mol. The molecule has 32 heavy (non-hydrogen) atoms. The molecule has 0 saturated carbocycles. The zero-order valence-corrected chi connectivity index (χ0v) is 20.5. The molecule has 0 aromatic rings. The SMILES string of the molecule is CCCCOC(=O)CC(OCCCC)(C(=O)OCCCC)C(C(C)=O)C(=O)OCCCC. The molecule has 0 aliphatic heterocycles. The van der Waals surface area contributed by atoms with Gasteiger partial charge >= 0.3 is 17.9 Å². The van der Waals surface area contributed by atoms with Crippen LogP contribution in [0.25, 0.3) is 0 Å². The fraction of sp³-hybridized carbons (Fsp3) is 0.833. The van der Waals surface area contributed by atoms with E-state index in [4.69, 9.17) is 18.9 Å². The summed E-state index contributed by atoms with van der Waals surface area (Å²) < 4.78 is 21.8. The van der Waals surface area contributed by atoms with Gasteiger partial charge in [0.15, 0.2) is 11.5 Å². The Bertz CT molecular complexity index is 574. The number of carbonyl (C=O) groups excluding carboxylic acids is 4. The second kappa shape index (κ2) is 17.6. The molecule has 0 fully saturated rings. The Morgan fingerprint density at radius 2 is 1.16 bits per heavy atom. The van der Waals surface area contributed by atoms with Gasteiger partial charge < -0.3 is 18.9 Å². The van der Waals surface area contributed by atoms with E-state index in [1.165, 1.54) is 6.92 Å². The van der Waals surface area contributed by atoms with Crippen LogP contribution in [0, 0.1) is 5.92 Å². The Hall–Kier alpha value is -1.96. The fourth-order valence-corrected chi connectivity index (χ4v) is 3.00. The van der Waals surface area contributed by atoms with Crippen molar-refractivity contribution in [2.45, 2.75) is 98.0 Å². The molecule has 0 aromatic carbocycles. The van der Waals surface area contributed by atoms with Gasteiger partial charge in [0.2, 0.25) is 0 Å². The Labute approximate surface area is 192 Å². The lowest BCUT2D eigenvalue weighted by atomic mass is 9.81. The number of carbonyl (C=O) groups is 4. The monoisotopic (exact) mass is 458 g/mol. The van der Waals surface area contributed by atoms with Crippen molar-refractivity contribution < 1.29 is 38.1 Å². The number of ether oxygens (including phenoxy) is 4. The highest BCUT2D eigenvalue weighted by atomic mass is 16.6. The first-order valence-corrected chi connectivity index (χ1v) is 11.9. The summed E-state index contributed by atoms with van der Waals surface area (Å²) in [7, 11) is 0. The summed E-state index contributed by atoms with van der Waals surface area (Å²) in [6, 6.07) is 0. The van der Waals surface area contributed by atoms with Crippen LogP contribution in [0.15, 0.2) is 0 Å². The molecule has 0 saturated heterocycles. The molecular weight excluding hydrogens is 416 g/mol. The van der Waals surface area contributed by atoms with Gasteiger partial charge in [-0.25, -0.2) is 4.79 Å². The van der Waals surface area contributed by atoms with E-state index in [1.54, 1.807) is 0 Å². The molecule has 0 aromatic heterocycles. The quantitative estimate of drug-likeness (QED) is 0.123. The van der Waals surface area contributed by atoms with E-state index in [0.29, 0.717) is 25.7 Å². The predicted octanol–water partition coefficient (Wildman–Crippen LogP) is 4.17. The lowest BCUT2D eigenvalue weighted by molar-refractivity contribution is -0.196. The van der Waals surface area contributed by atoms with Crippen LogP contribution in [0.5, 0.6) is 0 Å². The van der Waals surface area contributed by atoms with Crippen molar-refractivity contribution in [3.8, 4) is 0 Å². The van der Waals surface area contributed by atoms with Gasteiger partial charge in [0.1, 0.15) is 5.78 Å². The van der Waals surface area contributed by atoms with Gasteiger partial charge in [-0.3, -0.25) is 14.4 Å². The summed E-state index contributed by atoms with van der Waals surface area (Å²) in [6.07, 6.45) is 5.00. The van der Waals surface area contributed by atoms with E-state index >= 15 is 0 Å². The summed E-state index contributed by atoms with van der Waals surface area (Å²) >= 11 is 0. The van der Waals surface area contributed by atoms with Crippen molar-refractivity contribution in [3.05, 3.63) is 0 Å². The summed E-state index contributed by atoms with van der Waals surface area (Å²) in [5.41, 5.74) is -2.12. The molecule has 0 heterocycles.